The number of amides is 1. The van der Waals surface area contributed by atoms with Gasteiger partial charge in [-0.2, -0.15) is 0 Å². The standard InChI is InChI=1S/C10H15N3O2.C2H6/c1-8-9(7-15-11-8)10(14)13-5-3-12(2)4-6-13;1-2/h7H,3-6H2,1-2H3;1-2H3. The van der Waals surface area contributed by atoms with E-state index in [4.69, 9.17) is 4.52 Å². The van der Waals surface area contributed by atoms with E-state index in [1.54, 1.807) is 6.92 Å². The predicted molar refractivity (Wildman–Crippen MR) is 66.0 cm³/mol. The molecule has 1 amide bonds. The molecule has 17 heavy (non-hydrogen) atoms. The molecule has 0 bridgehead atoms. The largest absolute Gasteiger partial charge is 0.364 e. The third-order valence-electron chi connectivity index (χ3n) is 2.77. The van der Waals surface area contributed by atoms with E-state index in [9.17, 15) is 4.79 Å². The van der Waals surface area contributed by atoms with Gasteiger partial charge in [-0.05, 0) is 14.0 Å². The SMILES string of the molecule is CC.Cc1nocc1C(=O)N1CCN(C)CC1. The molecule has 2 rings (SSSR count). The van der Waals surface area contributed by atoms with Gasteiger partial charge >= 0.3 is 0 Å². The maximum Gasteiger partial charge on any atom is 0.259 e. The fourth-order valence-electron chi connectivity index (χ4n) is 1.68. The number of nitrogens with zero attached hydrogens (tertiary/aromatic N) is 3. The number of likely N-dealkylation sites (N-methyl/N-ethyl adjacent to an activating group) is 1. The number of hydrogen-bond acceptors (Lipinski definition) is 4. The number of hydrogen-bond donors (Lipinski definition) is 0. The van der Waals surface area contributed by atoms with Gasteiger partial charge in [0.05, 0.1) is 5.69 Å². The summed E-state index contributed by atoms with van der Waals surface area (Å²) in [5.74, 6) is 0.0295. The Bertz CT molecular complexity index is 354. The van der Waals surface area contributed by atoms with Gasteiger partial charge in [-0.3, -0.25) is 4.79 Å². The van der Waals surface area contributed by atoms with Crippen LogP contribution in [0.15, 0.2) is 10.8 Å². The van der Waals surface area contributed by atoms with Crippen molar-refractivity contribution in [3.63, 3.8) is 0 Å². The zero-order chi connectivity index (χ0) is 12.8. The highest BCUT2D eigenvalue weighted by atomic mass is 16.5. The molecule has 5 nitrogen and oxygen atoms in total. The highest BCUT2D eigenvalue weighted by Gasteiger charge is 2.23. The van der Waals surface area contributed by atoms with Crippen molar-refractivity contribution in [3.05, 3.63) is 17.5 Å². The zero-order valence-corrected chi connectivity index (χ0v) is 11.1. The van der Waals surface area contributed by atoms with Crippen molar-refractivity contribution in [2.75, 3.05) is 33.2 Å². The van der Waals surface area contributed by atoms with E-state index in [0.717, 1.165) is 26.2 Å². The molecule has 0 unspecified atom stereocenters. The summed E-state index contributed by atoms with van der Waals surface area (Å²) < 4.78 is 4.77. The topological polar surface area (TPSA) is 49.6 Å². The summed E-state index contributed by atoms with van der Waals surface area (Å²) in [5.41, 5.74) is 1.25. The monoisotopic (exact) mass is 239 g/mol. The molecule has 96 valence electrons. The van der Waals surface area contributed by atoms with Crippen LogP contribution in [-0.4, -0.2) is 54.1 Å². The van der Waals surface area contributed by atoms with E-state index >= 15 is 0 Å². The van der Waals surface area contributed by atoms with Crippen LogP contribution in [-0.2, 0) is 0 Å². The molecule has 0 saturated carbocycles. The van der Waals surface area contributed by atoms with E-state index < -0.39 is 0 Å². The van der Waals surface area contributed by atoms with Crippen molar-refractivity contribution >= 4 is 5.91 Å². The second-order valence-electron chi connectivity index (χ2n) is 3.91. The fourth-order valence-corrected chi connectivity index (χ4v) is 1.68. The molecule has 1 aromatic heterocycles. The van der Waals surface area contributed by atoms with Crippen LogP contribution in [0.4, 0.5) is 0 Å². The molecule has 1 saturated heterocycles. The van der Waals surface area contributed by atoms with Crippen LogP contribution in [0.1, 0.15) is 29.9 Å². The molecule has 0 atom stereocenters. The predicted octanol–water partition coefficient (Wildman–Crippen LogP) is 1.40. The third kappa shape index (κ3) is 3.30. The van der Waals surface area contributed by atoms with E-state index in [2.05, 4.69) is 17.1 Å². The van der Waals surface area contributed by atoms with Crippen LogP contribution in [0.3, 0.4) is 0 Å². The van der Waals surface area contributed by atoms with Gasteiger partial charge in [-0.15, -0.1) is 0 Å². The van der Waals surface area contributed by atoms with Gasteiger partial charge in [-0.1, -0.05) is 19.0 Å². The van der Waals surface area contributed by atoms with Crippen molar-refractivity contribution in [1.29, 1.82) is 0 Å². The number of piperazine rings is 1. The lowest BCUT2D eigenvalue weighted by molar-refractivity contribution is 0.0663. The highest BCUT2D eigenvalue weighted by Crippen LogP contribution is 2.10. The molecule has 1 fully saturated rings. The summed E-state index contributed by atoms with van der Waals surface area (Å²) in [6.07, 6.45) is 1.43. The highest BCUT2D eigenvalue weighted by molar-refractivity contribution is 5.94. The van der Waals surface area contributed by atoms with Crippen LogP contribution in [0.5, 0.6) is 0 Å². The Morgan fingerprint density at radius 3 is 2.35 bits per heavy atom. The minimum Gasteiger partial charge on any atom is -0.364 e. The summed E-state index contributed by atoms with van der Waals surface area (Å²) in [6.45, 7) is 9.19. The fraction of sp³-hybridized carbons (Fsp3) is 0.667. The lowest BCUT2D eigenvalue weighted by atomic mass is 10.2. The minimum atomic E-state index is 0.0295. The number of carbonyl (C=O) groups excluding carboxylic acids is 1. The molecule has 1 aliphatic rings. The molecule has 0 spiro atoms. The van der Waals surface area contributed by atoms with Gasteiger partial charge in [0.2, 0.25) is 0 Å². The van der Waals surface area contributed by atoms with Crippen LogP contribution >= 0.6 is 0 Å². The van der Waals surface area contributed by atoms with Crippen molar-refractivity contribution in [2.45, 2.75) is 20.8 Å². The normalized spacial score (nSPS) is 16.4. The molecule has 0 aliphatic carbocycles. The summed E-state index contributed by atoms with van der Waals surface area (Å²) in [4.78, 5) is 16.1. The molecule has 5 heteroatoms. The average Bonchev–Trinajstić information content (AvgIpc) is 2.78. The zero-order valence-electron chi connectivity index (χ0n) is 11.1. The number of aryl methyl sites for hydroxylation is 1. The van der Waals surface area contributed by atoms with Gasteiger partial charge in [0.15, 0.2) is 0 Å². The van der Waals surface area contributed by atoms with Crippen LogP contribution in [0, 0.1) is 6.92 Å². The molecular formula is C12H21N3O2. The maximum absolute atomic E-state index is 12.0. The lowest BCUT2D eigenvalue weighted by Crippen LogP contribution is -2.47. The summed E-state index contributed by atoms with van der Waals surface area (Å²) >= 11 is 0. The molecule has 2 heterocycles. The minimum absolute atomic E-state index is 0.0295. The Hall–Kier alpha value is -1.36. The molecule has 1 aliphatic heterocycles. The van der Waals surface area contributed by atoms with E-state index in [1.165, 1.54) is 6.26 Å². The quantitative estimate of drug-likeness (QED) is 0.743. The van der Waals surface area contributed by atoms with Crippen molar-refractivity contribution in [3.8, 4) is 0 Å². The first-order chi connectivity index (χ1) is 8.18. The maximum atomic E-state index is 12.0. The molecule has 0 N–H and O–H groups in total. The van der Waals surface area contributed by atoms with E-state index in [-0.39, 0.29) is 5.91 Å². The Labute approximate surface area is 102 Å². The van der Waals surface area contributed by atoms with Crippen molar-refractivity contribution < 1.29 is 9.32 Å². The summed E-state index contributed by atoms with van der Waals surface area (Å²) in [7, 11) is 2.06. The first-order valence-corrected chi connectivity index (χ1v) is 6.07. The molecular weight excluding hydrogens is 218 g/mol. The second kappa shape index (κ2) is 6.39. The van der Waals surface area contributed by atoms with Crippen LogP contribution in [0.2, 0.25) is 0 Å². The number of aromatic nitrogens is 1. The van der Waals surface area contributed by atoms with Gasteiger partial charge in [0, 0.05) is 26.2 Å². The first kappa shape index (κ1) is 13.7. The Kier molecular flexibility index (Phi) is 5.15. The van der Waals surface area contributed by atoms with Crippen LogP contribution in [0.25, 0.3) is 0 Å². The molecule has 0 radical (unpaired) electrons. The van der Waals surface area contributed by atoms with Crippen molar-refractivity contribution in [2.24, 2.45) is 0 Å². The summed E-state index contributed by atoms with van der Waals surface area (Å²) in [5, 5.41) is 3.71. The first-order valence-electron chi connectivity index (χ1n) is 6.07. The molecule has 0 aromatic carbocycles. The smallest absolute Gasteiger partial charge is 0.259 e. The van der Waals surface area contributed by atoms with E-state index in [0.29, 0.717) is 11.3 Å². The average molecular weight is 239 g/mol. The van der Waals surface area contributed by atoms with E-state index in [1.807, 2.05) is 18.7 Å². The van der Waals surface area contributed by atoms with Gasteiger partial charge < -0.3 is 14.3 Å². The number of carbonyl (C=O) groups is 1. The Morgan fingerprint density at radius 1 is 1.29 bits per heavy atom. The second-order valence-corrected chi connectivity index (χ2v) is 3.91. The number of rotatable bonds is 1. The Morgan fingerprint density at radius 2 is 1.88 bits per heavy atom. The van der Waals surface area contributed by atoms with Gasteiger partial charge in [-0.25, -0.2) is 0 Å². The van der Waals surface area contributed by atoms with Gasteiger partial charge in [0.1, 0.15) is 11.8 Å². The lowest BCUT2D eigenvalue weighted by Gasteiger charge is -2.32. The van der Waals surface area contributed by atoms with Gasteiger partial charge in [0.25, 0.3) is 5.91 Å². The van der Waals surface area contributed by atoms with Crippen molar-refractivity contribution in [1.82, 2.24) is 15.0 Å². The Balaban J connectivity index is 0.000000686. The third-order valence-corrected chi connectivity index (χ3v) is 2.77. The molecule has 1 aromatic rings. The van der Waals surface area contributed by atoms with Crippen LogP contribution < -0.4 is 0 Å². The summed E-state index contributed by atoms with van der Waals surface area (Å²) in [6, 6.07) is 0.